The number of aromatic nitrogens is 2. The Morgan fingerprint density at radius 3 is 2.74 bits per heavy atom. The van der Waals surface area contributed by atoms with Crippen LogP contribution >= 0.6 is 0 Å². The summed E-state index contributed by atoms with van der Waals surface area (Å²) in [4.78, 5) is 31.3. The predicted octanol–water partition coefficient (Wildman–Crippen LogP) is 3.14. The van der Waals surface area contributed by atoms with Crippen LogP contribution in [0.25, 0.3) is 11.4 Å². The zero-order valence-electron chi connectivity index (χ0n) is 13.6. The summed E-state index contributed by atoms with van der Waals surface area (Å²) in [6.45, 7) is 4.11. The molecule has 0 saturated heterocycles. The molecular formula is C18H23N3O2. The van der Waals surface area contributed by atoms with Crippen LogP contribution in [0.3, 0.4) is 0 Å². The van der Waals surface area contributed by atoms with E-state index in [4.69, 9.17) is 0 Å². The van der Waals surface area contributed by atoms with Gasteiger partial charge < -0.3 is 10.3 Å². The molecular weight excluding hydrogens is 290 g/mol. The van der Waals surface area contributed by atoms with E-state index < -0.39 is 5.56 Å². The molecule has 0 aromatic carbocycles. The molecule has 0 spiro atoms. The van der Waals surface area contributed by atoms with Crippen LogP contribution in [-0.2, 0) is 0 Å². The van der Waals surface area contributed by atoms with Crippen molar-refractivity contribution in [3.8, 4) is 11.4 Å². The van der Waals surface area contributed by atoms with E-state index in [9.17, 15) is 9.59 Å². The maximum Gasteiger partial charge on any atom is 0.261 e. The second-order valence-electron chi connectivity index (χ2n) is 5.70. The molecule has 23 heavy (non-hydrogen) atoms. The van der Waals surface area contributed by atoms with Gasteiger partial charge in [0, 0.05) is 12.2 Å². The third kappa shape index (κ3) is 4.77. The van der Waals surface area contributed by atoms with Crippen LogP contribution in [0, 0.1) is 0 Å². The lowest BCUT2D eigenvalue weighted by Gasteiger charge is -2.13. The van der Waals surface area contributed by atoms with Crippen molar-refractivity contribution in [3.63, 3.8) is 0 Å². The number of carbonyl (C=O) groups is 1. The van der Waals surface area contributed by atoms with E-state index >= 15 is 0 Å². The summed E-state index contributed by atoms with van der Waals surface area (Å²) in [6, 6.07) is 8.78. The molecule has 0 aliphatic rings. The molecule has 0 saturated carbocycles. The van der Waals surface area contributed by atoms with Crippen LogP contribution in [0.5, 0.6) is 0 Å². The molecule has 0 bridgehead atoms. The SMILES string of the molecule is CCCCC[C@@H](C)NC(=O)c1ccc(-c2ccccn2)[nH]c1=O. The van der Waals surface area contributed by atoms with Crippen LogP contribution in [-0.4, -0.2) is 21.9 Å². The van der Waals surface area contributed by atoms with Gasteiger partial charge in [-0.1, -0.05) is 32.3 Å². The predicted molar refractivity (Wildman–Crippen MR) is 91.4 cm³/mol. The van der Waals surface area contributed by atoms with Gasteiger partial charge in [-0.25, -0.2) is 0 Å². The van der Waals surface area contributed by atoms with Gasteiger partial charge >= 0.3 is 0 Å². The van der Waals surface area contributed by atoms with Gasteiger partial charge in [0.15, 0.2) is 0 Å². The molecule has 0 unspecified atom stereocenters. The van der Waals surface area contributed by atoms with Gasteiger partial charge in [0.2, 0.25) is 0 Å². The van der Waals surface area contributed by atoms with Gasteiger partial charge in [-0.3, -0.25) is 14.6 Å². The maximum absolute atomic E-state index is 12.2. The number of carbonyl (C=O) groups excluding carboxylic acids is 1. The van der Waals surface area contributed by atoms with E-state index in [0.29, 0.717) is 11.4 Å². The first-order valence-corrected chi connectivity index (χ1v) is 8.07. The molecule has 1 atom stereocenters. The molecule has 0 aliphatic heterocycles. The average Bonchev–Trinajstić information content (AvgIpc) is 2.55. The summed E-state index contributed by atoms with van der Waals surface area (Å²) in [6.07, 6.45) is 5.96. The number of nitrogens with zero attached hydrogens (tertiary/aromatic N) is 1. The molecule has 1 amide bonds. The fourth-order valence-electron chi connectivity index (χ4n) is 2.40. The number of rotatable bonds is 7. The van der Waals surface area contributed by atoms with Crippen molar-refractivity contribution in [1.82, 2.24) is 15.3 Å². The van der Waals surface area contributed by atoms with Crippen molar-refractivity contribution >= 4 is 5.91 Å². The minimum Gasteiger partial charge on any atom is -0.349 e. The first-order valence-electron chi connectivity index (χ1n) is 8.07. The average molecular weight is 313 g/mol. The van der Waals surface area contributed by atoms with Gasteiger partial charge in [0.05, 0.1) is 11.4 Å². The Labute approximate surface area is 136 Å². The van der Waals surface area contributed by atoms with E-state index in [0.717, 1.165) is 25.7 Å². The molecule has 5 nitrogen and oxygen atoms in total. The highest BCUT2D eigenvalue weighted by molar-refractivity contribution is 5.94. The van der Waals surface area contributed by atoms with Crippen molar-refractivity contribution in [2.75, 3.05) is 0 Å². The van der Waals surface area contributed by atoms with Gasteiger partial charge in [-0.2, -0.15) is 0 Å². The van der Waals surface area contributed by atoms with E-state index in [-0.39, 0.29) is 17.5 Å². The van der Waals surface area contributed by atoms with Crippen molar-refractivity contribution in [2.24, 2.45) is 0 Å². The van der Waals surface area contributed by atoms with Crippen molar-refractivity contribution in [3.05, 3.63) is 52.4 Å². The molecule has 122 valence electrons. The maximum atomic E-state index is 12.2. The quantitative estimate of drug-likeness (QED) is 0.771. The summed E-state index contributed by atoms with van der Waals surface area (Å²) in [5.74, 6) is -0.331. The fourth-order valence-corrected chi connectivity index (χ4v) is 2.40. The van der Waals surface area contributed by atoms with Crippen LogP contribution in [0.1, 0.15) is 49.9 Å². The highest BCUT2D eigenvalue weighted by atomic mass is 16.2. The Hall–Kier alpha value is -2.43. The number of H-pyrrole nitrogens is 1. The zero-order valence-corrected chi connectivity index (χ0v) is 13.6. The number of aromatic amines is 1. The molecule has 2 rings (SSSR count). The molecule has 0 aliphatic carbocycles. The second-order valence-corrected chi connectivity index (χ2v) is 5.70. The Bertz CT molecular complexity index is 695. The molecule has 0 radical (unpaired) electrons. The molecule has 5 heteroatoms. The van der Waals surface area contributed by atoms with Gasteiger partial charge in [-0.15, -0.1) is 0 Å². The van der Waals surface area contributed by atoms with E-state index in [1.807, 2.05) is 19.1 Å². The van der Waals surface area contributed by atoms with Crippen LogP contribution in [0.15, 0.2) is 41.3 Å². The summed E-state index contributed by atoms with van der Waals surface area (Å²) in [7, 11) is 0. The van der Waals surface area contributed by atoms with Crippen LogP contribution < -0.4 is 10.9 Å². The summed E-state index contributed by atoms with van der Waals surface area (Å²) in [5.41, 5.74) is 1.01. The van der Waals surface area contributed by atoms with Gasteiger partial charge in [0.1, 0.15) is 5.56 Å². The molecule has 2 N–H and O–H groups in total. The second kappa shape index (κ2) is 8.27. The topological polar surface area (TPSA) is 74.8 Å². The summed E-state index contributed by atoms with van der Waals surface area (Å²) in [5, 5.41) is 2.88. The minimum absolute atomic E-state index is 0.0592. The van der Waals surface area contributed by atoms with Crippen LogP contribution in [0.2, 0.25) is 0 Å². The van der Waals surface area contributed by atoms with E-state index in [2.05, 4.69) is 22.2 Å². The molecule has 2 aromatic rings. The minimum atomic E-state index is -0.397. The Kier molecular flexibility index (Phi) is 6.09. The normalized spacial score (nSPS) is 11.9. The number of hydrogen-bond acceptors (Lipinski definition) is 3. The zero-order chi connectivity index (χ0) is 16.7. The van der Waals surface area contributed by atoms with E-state index in [1.165, 1.54) is 0 Å². The Balaban J connectivity index is 2.06. The number of amides is 1. The monoisotopic (exact) mass is 313 g/mol. The lowest BCUT2D eigenvalue weighted by atomic mass is 10.1. The Morgan fingerprint density at radius 2 is 2.09 bits per heavy atom. The van der Waals surface area contributed by atoms with E-state index in [1.54, 1.807) is 24.4 Å². The van der Waals surface area contributed by atoms with Crippen LogP contribution in [0.4, 0.5) is 0 Å². The third-order valence-electron chi connectivity index (χ3n) is 3.71. The lowest BCUT2D eigenvalue weighted by Crippen LogP contribution is -2.35. The van der Waals surface area contributed by atoms with Gasteiger partial charge in [-0.05, 0) is 37.6 Å². The number of hydrogen-bond donors (Lipinski definition) is 2. The first kappa shape index (κ1) is 16.9. The fraction of sp³-hybridized carbons (Fsp3) is 0.389. The highest BCUT2D eigenvalue weighted by Crippen LogP contribution is 2.11. The Morgan fingerprint density at radius 1 is 1.26 bits per heavy atom. The number of nitrogens with one attached hydrogen (secondary N) is 2. The van der Waals surface area contributed by atoms with Crippen molar-refractivity contribution < 1.29 is 4.79 Å². The summed E-state index contributed by atoms with van der Waals surface area (Å²) < 4.78 is 0. The highest BCUT2D eigenvalue weighted by Gasteiger charge is 2.14. The van der Waals surface area contributed by atoms with Gasteiger partial charge in [0.25, 0.3) is 11.5 Å². The smallest absolute Gasteiger partial charge is 0.261 e. The molecule has 2 aromatic heterocycles. The largest absolute Gasteiger partial charge is 0.349 e. The lowest BCUT2D eigenvalue weighted by molar-refractivity contribution is 0.0936. The molecule has 2 heterocycles. The standard InChI is InChI=1S/C18H23N3O2/c1-3-4-5-8-13(2)20-17(22)14-10-11-16(21-18(14)23)15-9-6-7-12-19-15/h6-7,9-13H,3-5,8H2,1-2H3,(H,20,22)(H,21,23)/t13-/m1/s1. The summed E-state index contributed by atoms with van der Waals surface area (Å²) >= 11 is 0. The van der Waals surface area contributed by atoms with Crippen molar-refractivity contribution in [2.45, 2.75) is 45.6 Å². The third-order valence-corrected chi connectivity index (χ3v) is 3.71. The number of unbranched alkanes of at least 4 members (excludes halogenated alkanes) is 2. The first-order chi connectivity index (χ1) is 11.1. The van der Waals surface area contributed by atoms with Crippen molar-refractivity contribution in [1.29, 1.82) is 0 Å². The number of pyridine rings is 2. The molecule has 0 fully saturated rings.